The second-order valence-electron chi connectivity index (χ2n) is 4.53. The van der Waals surface area contributed by atoms with Crippen molar-refractivity contribution in [2.24, 2.45) is 0 Å². The fourth-order valence-corrected chi connectivity index (χ4v) is 1.95. The highest BCUT2D eigenvalue weighted by atomic mass is 19.4. The minimum Gasteiger partial charge on any atom is -0.406 e. The van der Waals surface area contributed by atoms with Gasteiger partial charge in [0.1, 0.15) is 5.75 Å². The van der Waals surface area contributed by atoms with Gasteiger partial charge in [-0.15, -0.1) is 13.2 Å². The molecule has 0 saturated carbocycles. The zero-order valence-corrected chi connectivity index (χ0v) is 11.5. The predicted molar refractivity (Wildman–Crippen MR) is 68.5 cm³/mol. The van der Waals surface area contributed by atoms with E-state index in [0.717, 1.165) is 18.4 Å². The number of aliphatic hydroxyl groups excluding tert-OH is 1. The number of methoxy groups -OCH3 is 1. The monoisotopic (exact) mass is 292 g/mol. The number of alkyl halides is 3. The van der Waals surface area contributed by atoms with Crippen LogP contribution in [0.15, 0.2) is 24.3 Å². The SMILES string of the molecule is CCCC(OC)C(O)Cc1ccc(OC(F)(F)F)cc1. The average Bonchev–Trinajstić information content (AvgIpc) is 2.36. The molecule has 0 heterocycles. The van der Waals surface area contributed by atoms with Gasteiger partial charge in [0.2, 0.25) is 0 Å². The third kappa shape index (κ3) is 5.79. The van der Waals surface area contributed by atoms with Crippen LogP contribution in [0.5, 0.6) is 5.75 Å². The second kappa shape index (κ2) is 7.50. The molecule has 3 nitrogen and oxygen atoms in total. The van der Waals surface area contributed by atoms with Crippen molar-refractivity contribution in [2.45, 2.75) is 44.8 Å². The van der Waals surface area contributed by atoms with Crippen molar-refractivity contribution in [1.29, 1.82) is 0 Å². The van der Waals surface area contributed by atoms with Gasteiger partial charge in [-0.3, -0.25) is 0 Å². The van der Waals surface area contributed by atoms with Crippen LogP contribution in [0.3, 0.4) is 0 Å². The summed E-state index contributed by atoms with van der Waals surface area (Å²) < 4.78 is 45.0. The molecular weight excluding hydrogens is 273 g/mol. The lowest BCUT2D eigenvalue weighted by molar-refractivity contribution is -0.274. The van der Waals surface area contributed by atoms with Crippen molar-refractivity contribution >= 4 is 0 Å². The van der Waals surface area contributed by atoms with E-state index in [0.29, 0.717) is 6.42 Å². The fraction of sp³-hybridized carbons (Fsp3) is 0.571. The maximum absolute atomic E-state index is 12.0. The van der Waals surface area contributed by atoms with Crippen molar-refractivity contribution in [3.05, 3.63) is 29.8 Å². The summed E-state index contributed by atoms with van der Waals surface area (Å²) in [5, 5.41) is 10.0. The molecule has 1 aromatic carbocycles. The Morgan fingerprint density at radius 3 is 2.25 bits per heavy atom. The van der Waals surface area contributed by atoms with Crippen molar-refractivity contribution in [1.82, 2.24) is 0 Å². The summed E-state index contributed by atoms with van der Waals surface area (Å²) in [5.74, 6) is -0.271. The van der Waals surface area contributed by atoms with Crippen LogP contribution in [0.2, 0.25) is 0 Å². The lowest BCUT2D eigenvalue weighted by Crippen LogP contribution is -2.29. The average molecular weight is 292 g/mol. The third-order valence-electron chi connectivity index (χ3n) is 2.91. The van der Waals surface area contributed by atoms with Gasteiger partial charge in [-0.05, 0) is 24.1 Å². The Kier molecular flexibility index (Phi) is 6.29. The molecule has 0 saturated heterocycles. The maximum Gasteiger partial charge on any atom is 0.573 e. The summed E-state index contributed by atoms with van der Waals surface area (Å²) in [7, 11) is 1.53. The van der Waals surface area contributed by atoms with Crippen LogP contribution in [-0.4, -0.2) is 30.8 Å². The molecule has 20 heavy (non-hydrogen) atoms. The molecule has 0 bridgehead atoms. The molecule has 0 aliphatic carbocycles. The molecule has 2 unspecified atom stereocenters. The first-order chi connectivity index (χ1) is 9.35. The van der Waals surface area contributed by atoms with Gasteiger partial charge in [-0.2, -0.15) is 0 Å². The Morgan fingerprint density at radius 1 is 1.20 bits per heavy atom. The first kappa shape index (κ1) is 16.8. The molecule has 0 fully saturated rings. The minimum absolute atomic E-state index is 0.271. The smallest absolute Gasteiger partial charge is 0.406 e. The van der Waals surface area contributed by atoms with Gasteiger partial charge >= 0.3 is 6.36 Å². The van der Waals surface area contributed by atoms with E-state index in [1.165, 1.54) is 31.4 Å². The maximum atomic E-state index is 12.0. The van der Waals surface area contributed by atoms with E-state index in [-0.39, 0.29) is 11.9 Å². The van der Waals surface area contributed by atoms with Gasteiger partial charge in [-0.1, -0.05) is 25.5 Å². The Bertz CT molecular complexity index is 390. The molecule has 2 atom stereocenters. The lowest BCUT2D eigenvalue weighted by atomic mass is 10.0. The van der Waals surface area contributed by atoms with Gasteiger partial charge in [0.05, 0.1) is 12.2 Å². The van der Waals surface area contributed by atoms with Crippen LogP contribution < -0.4 is 4.74 Å². The summed E-state index contributed by atoms with van der Waals surface area (Å²) >= 11 is 0. The zero-order chi connectivity index (χ0) is 15.2. The Morgan fingerprint density at radius 2 is 1.80 bits per heavy atom. The lowest BCUT2D eigenvalue weighted by Gasteiger charge is -2.21. The summed E-state index contributed by atoms with van der Waals surface area (Å²) in [6.07, 6.45) is -3.71. The molecule has 0 aromatic heterocycles. The molecule has 0 aliphatic heterocycles. The van der Waals surface area contributed by atoms with Gasteiger partial charge in [0, 0.05) is 13.5 Å². The number of benzene rings is 1. The number of halogens is 3. The molecule has 0 spiro atoms. The zero-order valence-electron chi connectivity index (χ0n) is 11.5. The van der Waals surface area contributed by atoms with Crippen LogP contribution in [0.4, 0.5) is 13.2 Å². The first-order valence-corrected chi connectivity index (χ1v) is 6.41. The normalized spacial score (nSPS) is 14.9. The number of hydrogen-bond donors (Lipinski definition) is 1. The Balaban J connectivity index is 2.60. The summed E-state index contributed by atoms with van der Waals surface area (Å²) in [6.45, 7) is 1.99. The minimum atomic E-state index is -4.69. The van der Waals surface area contributed by atoms with Crippen LogP contribution in [0.1, 0.15) is 25.3 Å². The van der Waals surface area contributed by atoms with E-state index in [4.69, 9.17) is 4.74 Å². The molecule has 6 heteroatoms. The summed E-state index contributed by atoms with van der Waals surface area (Å²) in [4.78, 5) is 0. The van der Waals surface area contributed by atoms with Crippen LogP contribution in [0.25, 0.3) is 0 Å². The van der Waals surface area contributed by atoms with E-state index >= 15 is 0 Å². The first-order valence-electron chi connectivity index (χ1n) is 6.41. The fourth-order valence-electron chi connectivity index (χ4n) is 1.95. The topological polar surface area (TPSA) is 38.7 Å². The van der Waals surface area contributed by atoms with Crippen molar-refractivity contribution < 1.29 is 27.8 Å². The van der Waals surface area contributed by atoms with E-state index < -0.39 is 12.5 Å². The largest absolute Gasteiger partial charge is 0.573 e. The standard InChI is InChI=1S/C14H19F3O3/c1-3-4-13(19-2)12(18)9-10-5-7-11(8-6-10)20-14(15,16)17/h5-8,12-13,18H,3-4,9H2,1-2H3. The number of hydrogen-bond acceptors (Lipinski definition) is 3. The highest BCUT2D eigenvalue weighted by Crippen LogP contribution is 2.23. The molecule has 1 N–H and O–H groups in total. The van der Waals surface area contributed by atoms with Crippen molar-refractivity contribution in [2.75, 3.05) is 7.11 Å². The molecule has 1 rings (SSSR count). The quantitative estimate of drug-likeness (QED) is 0.838. The van der Waals surface area contributed by atoms with Gasteiger partial charge in [-0.25, -0.2) is 0 Å². The van der Waals surface area contributed by atoms with Gasteiger partial charge in [0.15, 0.2) is 0 Å². The van der Waals surface area contributed by atoms with Gasteiger partial charge in [0.25, 0.3) is 0 Å². The molecule has 1 aromatic rings. The van der Waals surface area contributed by atoms with Crippen LogP contribution in [-0.2, 0) is 11.2 Å². The van der Waals surface area contributed by atoms with Crippen molar-refractivity contribution in [3.63, 3.8) is 0 Å². The van der Waals surface area contributed by atoms with Gasteiger partial charge < -0.3 is 14.6 Å². The predicted octanol–water partition coefficient (Wildman–Crippen LogP) is 3.30. The molecule has 0 radical (unpaired) electrons. The van der Waals surface area contributed by atoms with Crippen molar-refractivity contribution in [3.8, 4) is 5.75 Å². The molecular formula is C14H19F3O3. The third-order valence-corrected chi connectivity index (χ3v) is 2.91. The van der Waals surface area contributed by atoms with E-state index in [9.17, 15) is 18.3 Å². The second-order valence-corrected chi connectivity index (χ2v) is 4.53. The summed E-state index contributed by atoms with van der Waals surface area (Å²) in [6, 6.07) is 5.47. The molecule has 0 amide bonds. The van der Waals surface area contributed by atoms with E-state index in [1.807, 2.05) is 6.92 Å². The highest BCUT2D eigenvalue weighted by Gasteiger charge is 2.31. The molecule has 0 aliphatic rings. The highest BCUT2D eigenvalue weighted by molar-refractivity contribution is 5.27. The number of rotatable bonds is 7. The van der Waals surface area contributed by atoms with E-state index in [1.54, 1.807) is 0 Å². The van der Waals surface area contributed by atoms with E-state index in [2.05, 4.69) is 4.74 Å². The summed E-state index contributed by atoms with van der Waals surface area (Å²) in [5.41, 5.74) is 0.727. The number of ether oxygens (including phenoxy) is 2. The Hall–Kier alpha value is -1.27. The van der Waals surface area contributed by atoms with Crippen LogP contribution in [0, 0.1) is 0 Å². The number of aliphatic hydroxyl groups is 1. The Labute approximate surface area is 116 Å². The molecule has 114 valence electrons. The van der Waals surface area contributed by atoms with Crippen LogP contribution >= 0.6 is 0 Å².